The summed E-state index contributed by atoms with van der Waals surface area (Å²) in [5.41, 5.74) is 2.67. The fourth-order valence-electron chi connectivity index (χ4n) is 2.67. The molecular weight excluding hydrogens is 326 g/mol. The van der Waals surface area contributed by atoms with Crippen LogP contribution in [0, 0.1) is 0 Å². The molecule has 26 heavy (non-hydrogen) atoms. The number of hydrogen-bond donors (Lipinski definition) is 1. The normalized spacial score (nSPS) is 11.3. The van der Waals surface area contributed by atoms with Crippen LogP contribution < -0.4 is 19.5 Å². The molecule has 0 saturated carbocycles. The molecule has 0 radical (unpaired) electrons. The van der Waals surface area contributed by atoms with E-state index in [4.69, 9.17) is 14.2 Å². The van der Waals surface area contributed by atoms with E-state index < -0.39 is 0 Å². The molecule has 0 aliphatic heterocycles. The minimum atomic E-state index is 0.191. The standard InChI is InChI=1S/C22H31NO3/c1-6-22(2,3)18-8-10-19(11-9-18)25-13-14-26-21-15-17(16-23-4)7-12-20(21)24-5/h7-12,15,23H,6,13-14,16H2,1-5H3. The largest absolute Gasteiger partial charge is 0.493 e. The molecule has 2 aromatic rings. The molecular formula is C22H31NO3. The SMILES string of the molecule is CCC(C)(C)c1ccc(OCCOc2cc(CNC)ccc2OC)cc1. The predicted octanol–water partition coefficient (Wildman–Crippen LogP) is 4.56. The summed E-state index contributed by atoms with van der Waals surface area (Å²) in [6.07, 6.45) is 1.11. The quantitative estimate of drug-likeness (QED) is 0.633. The Bertz CT molecular complexity index is 680. The number of hydrogen-bond acceptors (Lipinski definition) is 4. The molecule has 0 fully saturated rings. The maximum atomic E-state index is 5.85. The molecule has 0 spiro atoms. The molecule has 142 valence electrons. The second kappa shape index (κ2) is 9.48. The van der Waals surface area contributed by atoms with E-state index in [0.717, 1.165) is 35.8 Å². The molecule has 0 saturated heterocycles. The maximum absolute atomic E-state index is 5.85. The van der Waals surface area contributed by atoms with E-state index in [-0.39, 0.29) is 5.41 Å². The molecule has 2 aromatic carbocycles. The van der Waals surface area contributed by atoms with E-state index in [2.05, 4.69) is 38.2 Å². The summed E-state index contributed by atoms with van der Waals surface area (Å²) in [5, 5.41) is 3.14. The highest BCUT2D eigenvalue weighted by molar-refractivity contribution is 5.43. The summed E-state index contributed by atoms with van der Waals surface area (Å²) in [7, 11) is 3.57. The number of rotatable bonds is 10. The third-order valence-corrected chi connectivity index (χ3v) is 4.74. The van der Waals surface area contributed by atoms with Crippen molar-refractivity contribution in [3.05, 3.63) is 53.6 Å². The summed E-state index contributed by atoms with van der Waals surface area (Å²) < 4.78 is 17.0. The van der Waals surface area contributed by atoms with E-state index in [0.29, 0.717) is 13.2 Å². The summed E-state index contributed by atoms with van der Waals surface area (Å²) in [6.45, 7) is 8.45. The molecule has 0 amide bonds. The average Bonchev–Trinajstić information content (AvgIpc) is 2.66. The van der Waals surface area contributed by atoms with Crippen LogP contribution in [-0.4, -0.2) is 27.4 Å². The van der Waals surface area contributed by atoms with Crippen molar-refractivity contribution in [1.82, 2.24) is 5.32 Å². The summed E-state index contributed by atoms with van der Waals surface area (Å²) in [4.78, 5) is 0. The lowest BCUT2D eigenvalue weighted by Crippen LogP contribution is -2.15. The van der Waals surface area contributed by atoms with Gasteiger partial charge in [-0.05, 0) is 54.3 Å². The Kier molecular flexibility index (Phi) is 7.34. The van der Waals surface area contributed by atoms with Crippen molar-refractivity contribution < 1.29 is 14.2 Å². The lowest BCUT2D eigenvalue weighted by atomic mass is 9.82. The molecule has 0 heterocycles. The summed E-state index contributed by atoms with van der Waals surface area (Å²) in [5.74, 6) is 2.33. The fourth-order valence-corrected chi connectivity index (χ4v) is 2.67. The number of nitrogens with one attached hydrogen (secondary N) is 1. The number of ether oxygens (including phenoxy) is 3. The van der Waals surface area contributed by atoms with E-state index in [1.54, 1.807) is 7.11 Å². The van der Waals surface area contributed by atoms with Gasteiger partial charge in [-0.3, -0.25) is 0 Å². The van der Waals surface area contributed by atoms with Gasteiger partial charge in [-0.25, -0.2) is 0 Å². The fraction of sp³-hybridized carbons (Fsp3) is 0.455. The zero-order chi connectivity index (χ0) is 19.0. The first-order chi connectivity index (χ1) is 12.5. The molecule has 0 aromatic heterocycles. The van der Waals surface area contributed by atoms with Crippen LogP contribution in [0.15, 0.2) is 42.5 Å². The van der Waals surface area contributed by atoms with Gasteiger partial charge >= 0.3 is 0 Å². The molecule has 0 aliphatic carbocycles. The van der Waals surface area contributed by atoms with E-state index in [1.807, 2.05) is 37.4 Å². The van der Waals surface area contributed by atoms with Gasteiger partial charge in [0.1, 0.15) is 19.0 Å². The molecule has 2 rings (SSSR count). The zero-order valence-electron chi connectivity index (χ0n) is 16.6. The Morgan fingerprint density at radius 3 is 2.23 bits per heavy atom. The van der Waals surface area contributed by atoms with Gasteiger partial charge in [-0.1, -0.05) is 39.0 Å². The van der Waals surface area contributed by atoms with Crippen LogP contribution in [0.2, 0.25) is 0 Å². The molecule has 0 aliphatic rings. The first-order valence-electron chi connectivity index (χ1n) is 9.18. The van der Waals surface area contributed by atoms with Crippen molar-refractivity contribution in [3.8, 4) is 17.2 Å². The monoisotopic (exact) mass is 357 g/mol. The zero-order valence-corrected chi connectivity index (χ0v) is 16.6. The van der Waals surface area contributed by atoms with Gasteiger partial charge in [-0.15, -0.1) is 0 Å². The van der Waals surface area contributed by atoms with Gasteiger partial charge in [0.25, 0.3) is 0 Å². The number of benzene rings is 2. The van der Waals surface area contributed by atoms with Gasteiger partial charge < -0.3 is 19.5 Å². The Morgan fingerprint density at radius 1 is 0.923 bits per heavy atom. The maximum Gasteiger partial charge on any atom is 0.161 e. The van der Waals surface area contributed by atoms with Crippen LogP contribution >= 0.6 is 0 Å². The molecule has 4 heteroatoms. The van der Waals surface area contributed by atoms with Crippen molar-refractivity contribution in [3.63, 3.8) is 0 Å². The lowest BCUT2D eigenvalue weighted by molar-refractivity contribution is 0.211. The van der Waals surface area contributed by atoms with Crippen molar-refractivity contribution in [2.24, 2.45) is 0 Å². The van der Waals surface area contributed by atoms with E-state index in [1.165, 1.54) is 5.56 Å². The minimum absolute atomic E-state index is 0.191. The Morgan fingerprint density at radius 2 is 1.62 bits per heavy atom. The minimum Gasteiger partial charge on any atom is -0.493 e. The van der Waals surface area contributed by atoms with Crippen molar-refractivity contribution in [2.75, 3.05) is 27.4 Å². The van der Waals surface area contributed by atoms with Gasteiger partial charge in [0, 0.05) is 6.54 Å². The smallest absolute Gasteiger partial charge is 0.161 e. The van der Waals surface area contributed by atoms with Gasteiger partial charge in [0.05, 0.1) is 7.11 Å². The molecule has 4 nitrogen and oxygen atoms in total. The third kappa shape index (κ3) is 5.40. The first-order valence-corrected chi connectivity index (χ1v) is 9.18. The highest BCUT2D eigenvalue weighted by Crippen LogP contribution is 2.29. The second-order valence-corrected chi connectivity index (χ2v) is 6.97. The second-order valence-electron chi connectivity index (χ2n) is 6.97. The van der Waals surface area contributed by atoms with Crippen molar-refractivity contribution in [1.29, 1.82) is 0 Å². The summed E-state index contributed by atoms with van der Waals surface area (Å²) in [6, 6.07) is 14.3. The van der Waals surface area contributed by atoms with Gasteiger partial charge in [0.2, 0.25) is 0 Å². The average molecular weight is 357 g/mol. The predicted molar refractivity (Wildman–Crippen MR) is 107 cm³/mol. The summed E-state index contributed by atoms with van der Waals surface area (Å²) >= 11 is 0. The van der Waals surface area contributed by atoms with Crippen LogP contribution in [-0.2, 0) is 12.0 Å². The highest BCUT2D eigenvalue weighted by atomic mass is 16.5. The topological polar surface area (TPSA) is 39.7 Å². The Balaban J connectivity index is 1.88. The van der Waals surface area contributed by atoms with Crippen LogP contribution in [0.1, 0.15) is 38.3 Å². The molecule has 1 N–H and O–H groups in total. The van der Waals surface area contributed by atoms with E-state index in [9.17, 15) is 0 Å². The number of methoxy groups -OCH3 is 1. The molecule has 0 unspecified atom stereocenters. The van der Waals surface area contributed by atoms with Crippen molar-refractivity contribution >= 4 is 0 Å². The van der Waals surface area contributed by atoms with Crippen LogP contribution in [0.3, 0.4) is 0 Å². The van der Waals surface area contributed by atoms with Crippen LogP contribution in [0.5, 0.6) is 17.2 Å². The van der Waals surface area contributed by atoms with Crippen LogP contribution in [0.25, 0.3) is 0 Å². The van der Waals surface area contributed by atoms with Gasteiger partial charge in [-0.2, -0.15) is 0 Å². The molecule has 0 atom stereocenters. The first kappa shape index (κ1) is 20.1. The van der Waals surface area contributed by atoms with Crippen molar-refractivity contribution in [2.45, 2.75) is 39.2 Å². The Labute approximate surface area is 157 Å². The highest BCUT2D eigenvalue weighted by Gasteiger charge is 2.17. The Hall–Kier alpha value is -2.20. The molecule has 0 bridgehead atoms. The third-order valence-electron chi connectivity index (χ3n) is 4.74. The van der Waals surface area contributed by atoms with E-state index >= 15 is 0 Å². The van der Waals surface area contributed by atoms with Crippen LogP contribution in [0.4, 0.5) is 0 Å². The lowest BCUT2D eigenvalue weighted by Gasteiger charge is -2.23. The van der Waals surface area contributed by atoms with Gasteiger partial charge in [0.15, 0.2) is 11.5 Å².